The van der Waals surface area contributed by atoms with E-state index in [9.17, 15) is 0 Å². The van der Waals surface area contributed by atoms with Crippen LogP contribution in [0.1, 0.15) is 25.5 Å². The highest BCUT2D eigenvalue weighted by molar-refractivity contribution is 7.16. The normalized spacial score (nSPS) is 11.5. The molecule has 0 amide bonds. The van der Waals surface area contributed by atoms with Gasteiger partial charge in [-0.1, -0.05) is 13.8 Å². The topological polar surface area (TPSA) is 15.8 Å². The zero-order valence-electron chi connectivity index (χ0n) is 6.72. The monoisotopic (exact) mass is 165 g/mol. The Morgan fingerprint density at radius 3 is 2.91 bits per heavy atom. The first-order chi connectivity index (χ1) is 5.27. The first kappa shape index (κ1) is 6.92. The van der Waals surface area contributed by atoms with E-state index in [1.165, 1.54) is 15.9 Å². The lowest BCUT2D eigenvalue weighted by atomic mass is 10.1. The molecule has 1 nitrogen and oxygen atoms in total. The van der Waals surface area contributed by atoms with E-state index >= 15 is 0 Å². The number of rotatable bonds is 1. The molecule has 0 saturated heterocycles. The zero-order valence-corrected chi connectivity index (χ0v) is 7.53. The molecule has 0 atom stereocenters. The molecule has 2 rings (SSSR count). The lowest BCUT2D eigenvalue weighted by Gasteiger charge is -1.97. The molecule has 2 aromatic rings. The van der Waals surface area contributed by atoms with Crippen LogP contribution in [0.4, 0.5) is 0 Å². The summed E-state index contributed by atoms with van der Waals surface area (Å²) in [5.41, 5.74) is 1.34. The summed E-state index contributed by atoms with van der Waals surface area (Å²) in [7, 11) is 0. The minimum Gasteiger partial charge on any atom is -0.350 e. The molecule has 2 heterocycles. The zero-order chi connectivity index (χ0) is 7.84. The molecule has 0 radical (unpaired) electrons. The first-order valence-electron chi connectivity index (χ1n) is 3.83. The fourth-order valence-corrected chi connectivity index (χ4v) is 1.97. The van der Waals surface area contributed by atoms with E-state index in [2.05, 4.69) is 36.3 Å². The Hall–Kier alpha value is -0.760. The van der Waals surface area contributed by atoms with Gasteiger partial charge in [0.25, 0.3) is 0 Å². The number of nitrogens with one attached hydrogen (secondary N) is 1. The number of aromatic amines is 1. The summed E-state index contributed by atoms with van der Waals surface area (Å²) >= 11 is 1.77. The SMILES string of the molecule is CC(C)c1cc2ccsc2[nH]1. The number of thiophene rings is 1. The van der Waals surface area contributed by atoms with Gasteiger partial charge < -0.3 is 4.98 Å². The first-order valence-corrected chi connectivity index (χ1v) is 4.71. The van der Waals surface area contributed by atoms with Crippen LogP contribution in [0.25, 0.3) is 10.2 Å². The molecule has 0 aliphatic carbocycles. The van der Waals surface area contributed by atoms with Crippen LogP contribution in [-0.4, -0.2) is 4.98 Å². The van der Waals surface area contributed by atoms with Crippen LogP contribution < -0.4 is 0 Å². The van der Waals surface area contributed by atoms with E-state index in [4.69, 9.17) is 0 Å². The van der Waals surface area contributed by atoms with Gasteiger partial charge >= 0.3 is 0 Å². The highest BCUT2D eigenvalue weighted by Gasteiger charge is 2.03. The second kappa shape index (κ2) is 2.38. The molecule has 58 valence electrons. The van der Waals surface area contributed by atoms with Gasteiger partial charge in [0.05, 0.1) is 4.83 Å². The van der Waals surface area contributed by atoms with Crippen LogP contribution >= 0.6 is 11.3 Å². The van der Waals surface area contributed by atoms with Crippen molar-refractivity contribution < 1.29 is 0 Å². The van der Waals surface area contributed by atoms with Gasteiger partial charge in [-0.3, -0.25) is 0 Å². The van der Waals surface area contributed by atoms with Gasteiger partial charge in [-0.2, -0.15) is 0 Å². The van der Waals surface area contributed by atoms with Crippen molar-refractivity contribution in [3.8, 4) is 0 Å². The van der Waals surface area contributed by atoms with Gasteiger partial charge in [0, 0.05) is 11.1 Å². The van der Waals surface area contributed by atoms with Crippen molar-refractivity contribution in [3.63, 3.8) is 0 Å². The maximum Gasteiger partial charge on any atom is 0.0998 e. The van der Waals surface area contributed by atoms with Crippen LogP contribution in [-0.2, 0) is 0 Å². The Balaban J connectivity index is 2.58. The van der Waals surface area contributed by atoms with E-state index < -0.39 is 0 Å². The average Bonchev–Trinajstić information content (AvgIpc) is 2.40. The van der Waals surface area contributed by atoms with Crippen LogP contribution in [0.2, 0.25) is 0 Å². The third-order valence-electron chi connectivity index (χ3n) is 1.89. The number of hydrogen-bond acceptors (Lipinski definition) is 1. The fourth-order valence-electron chi connectivity index (χ4n) is 1.18. The van der Waals surface area contributed by atoms with Gasteiger partial charge in [0.15, 0.2) is 0 Å². The molecule has 2 aromatic heterocycles. The van der Waals surface area contributed by atoms with Crippen LogP contribution in [0.5, 0.6) is 0 Å². The minimum absolute atomic E-state index is 0.606. The molecular weight excluding hydrogens is 154 g/mol. The Labute approximate surface area is 70.1 Å². The smallest absolute Gasteiger partial charge is 0.0998 e. The molecule has 0 bridgehead atoms. The Morgan fingerprint density at radius 1 is 1.45 bits per heavy atom. The quantitative estimate of drug-likeness (QED) is 0.667. The second-order valence-electron chi connectivity index (χ2n) is 3.08. The molecule has 0 unspecified atom stereocenters. The third-order valence-corrected chi connectivity index (χ3v) is 2.73. The van der Waals surface area contributed by atoms with Crippen molar-refractivity contribution >= 4 is 21.6 Å². The molecule has 0 fully saturated rings. The second-order valence-corrected chi connectivity index (χ2v) is 4.00. The van der Waals surface area contributed by atoms with Crippen LogP contribution in [0.3, 0.4) is 0 Å². The summed E-state index contributed by atoms with van der Waals surface area (Å²) in [5.74, 6) is 0.606. The van der Waals surface area contributed by atoms with E-state index in [0.717, 1.165) is 0 Å². The van der Waals surface area contributed by atoms with Crippen molar-refractivity contribution in [2.75, 3.05) is 0 Å². The number of hydrogen-bond donors (Lipinski definition) is 1. The molecule has 2 heteroatoms. The van der Waals surface area contributed by atoms with Gasteiger partial charge in [0.1, 0.15) is 0 Å². The molecular formula is C9H11NS. The molecule has 11 heavy (non-hydrogen) atoms. The van der Waals surface area contributed by atoms with Crippen molar-refractivity contribution in [1.82, 2.24) is 4.98 Å². The predicted molar refractivity (Wildman–Crippen MR) is 50.3 cm³/mol. The van der Waals surface area contributed by atoms with Crippen LogP contribution in [0, 0.1) is 0 Å². The lowest BCUT2D eigenvalue weighted by Crippen LogP contribution is -1.84. The predicted octanol–water partition coefficient (Wildman–Crippen LogP) is 3.35. The van der Waals surface area contributed by atoms with Crippen molar-refractivity contribution in [2.24, 2.45) is 0 Å². The maximum absolute atomic E-state index is 3.39. The van der Waals surface area contributed by atoms with E-state index in [1.54, 1.807) is 11.3 Å². The highest BCUT2D eigenvalue weighted by atomic mass is 32.1. The van der Waals surface area contributed by atoms with Gasteiger partial charge in [-0.15, -0.1) is 11.3 Å². The molecule has 1 N–H and O–H groups in total. The van der Waals surface area contributed by atoms with E-state index in [1.807, 2.05) is 0 Å². The summed E-state index contributed by atoms with van der Waals surface area (Å²) in [5, 5.41) is 3.46. The Bertz CT molecular complexity index is 328. The summed E-state index contributed by atoms with van der Waals surface area (Å²) in [4.78, 5) is 4.69. The minimum atomic E-state index is 0.606. The number of fused-ring (bicyclic) bond motifs is 1. The fraction of sp³-hybridized carbons (Fsp3) is 0.333. The molecule has 0 saturated carbocycles. The van der Waals surface area contributed by atoms with Crippen molar-refractivity contribution in [3.05, 3.63) is 23.2 Å². The van der Waals surface area contributed by atoms with E-state index in [-0.39, 0.29) is 0 Å². The van der Waals surface area contributed by atoms with Gasteiger partial charge in [0.2, 0.25) is 0 Å². The molecule has 0 aliphatic heterocycles. The Kier molecular flexibility index (Phi) is 1.50. The lowest BCUT2D eigenvalue weighted by molar-refractivity contribution is 0.837. The number of H-pyrrole nitrogens is 1. The van der Waals surface area contributed by atoms with Crippen molar-refractivity contribution in [1.29, 1.82) is 0 Å². The molecule has 0 spiro atoms. The summed E-state index contributed by atoms with van der Waals surface area (Å²) in [6, 6.07) is 4.39. The third kappa shape index (κ3) is 1.07. The van der Waals surface area contributed by atoms with Gasteiger partial charge in [-0.25, -0.2) is 0 Å². The summed E-state index contributed by atoms with van der Waals surface area (Å²) in [6.45, 7) is 4.41. The van der Waals surface area contributed by atoms with E-state index in [0.29, 0.717) is 5.92 Å². The average molecular weight is 165 g/mol. The summed E-state index contributed by atoms with van der Waals surface area (Å²) in [6.07, 6.45) is 0. The van der Waals surface area contributed by atoms with Crippen molar-refractivity contribution in [2.45, 2.75) is 19.8 Å². The van der Waals surface area contributed by atoms with Gasteiger partial charge in [-0.05, 0) is 23.4 Å². The summed E-state index contributed by atoms with van der Waals surface area (Å²) < 4.78 is 0. The Morgan fingerprint density at radius 2 is 2.27 bits per heavy atom. The molecule has 0 aliphatic rings. The maximum atomic E-state index is 3.39. The van der Waals surface area contributed by atoms with Crippen LogP contribution in [0.15, 0.2) is 17.5 Å². The standard InChI is InChI=1S/C9H11NS/c1-6(2)8-5-7-3-4-11-9(7)10-8/h3-6,10H,1-2H3. The number of aromatic nitrogens is 1. The largest absolute Gasteiger partial charge is 0.350 e. The highest BCUT2D eigenvalue weighted by Crippen LogP contribution is 2.24. The molecule has 0 aromatic carbocycles.